The van der Waals surface area contributed by atoms with Gasteiger partial charge in [-0.15, -0.1) is 0 Å². The van der Waals surface area contributed by atoms with Crippen molar-refractivity contribution in [3.63, 3.8) is 0 Å². The van der Waals surface area contributed by atoms with Gasteiger partial charge in [-0.3, -0.25) is 0 Å². The highest BCUT2D eigenvalue weighted by molar-refractivity contribution is 6.33. The number of rotatable bonds is 1. The zero-order valence-electron chi connectivity index (χ0n) is 8.68. The van der Waals surface area contributed by atoms with Crippen molar-refractivity contribution in [2.45, 2.75) is 13.1 Å². The molecule has 0 aliphatic heterocycles. The smallest absolute Gasteiger partial charge is 0.416 e. The zero-order chi connectivity index (χ0) is 12.6. The van der Waals surface area contributed by atoms with Crippen LogP contribution < -0.4 is 0 Å². The van der Waals surface area contributed by atoms with Crippen LogP contribution in [0.3, 0.4) is 0 Å². The Balaban J connectivity index is 2.54. The van der Waals surface area contributed by atoms with Gasteiger partial charge in [-0.25, -0.2) is 4.98 Å². The van der Waals surface area contributed by atoms with Crippen LogP contribution in [0.25, 0.3) is 11.5 Å². The van der Waals surface area contributed by atoms with E-state index in [4.69, 9.17) is 16.0 Å². The number of aromatic nitrogens is 1. The van der Waals surface area contributed by atoms with E-state index in [1.165, 1.54) is 12.3 Å². The number of benzene rings is 1. The Labute approximate surface area is 100 Å². The molecule has 0 saturated heterocycles. The van der Waals surface area contributed by atoms with Crippen LogP contribution in [0.4, 0.5) is 13.2 Å². The van der Waals surface area contributed by atoms with Gasteiger partial charge in [0, 0.05) is 0 Å². The largest absolute Gasteiger partial charge is 0.441 e. The number of hydrogen-bond donors (Lipinski definition) is 0. The third-order valence-corrected chi connectivity index (χ3v) is 2.47. The molecule has 0 bridgehead atoms. The molecule has 0 spiro atoms. The van der Waals surface area contributed by atoms with Crippen molar-refractivity contribution < 1.29 is 17.6 Å². The second-order valence-electron chi connectivity index (χ2n) is 3.47. The fourth-order valence-corrected chi connectivity index (χ4v) is 1.54. The molecule has 0 aliphatic rings. The molecule has 0 radical (unpaired) electrons. The summed E-state index contributed by atoms with van der Waals surface area (Å²) < 4.78 is 42.7. The van der Waals surface area contributed by atoms with Crippen molar-refractivity contribution >= 4 is 11.6 Å². The summed E-state index contributed by atoms with van der Waals surface area (Å²) in [6.07, 6.45) is -2.99. The fraction of sp³-hybridized carbons (Fsp3) is 0.182. The highest BCUT2D eigenvalue weighted by Gasteiger charge is 2.31. The molecule has 1 aromatic heterocycles. The molecular weight excluding hydrogens is 255 g/mol. The Morgan fingerprint density at radius 3 is 2.53 bits per heavy atom. The second-order valence-corrected chi connectivity index (χ2v) is 3.88. The standard InChI is InChI=1S/C11H7ClF3NO/c1-6-5-16-10(17-6)8-4-7(11(13,14)15)2-3-9(8)12/h2-5H,1H3. The highest BCUT2D eigenvalue weighted by atomic mass is 35.5. The van der Waals surface area contributed by atoms with Gasteiger partial charge in [0.25, 0.3) is 0 Å². The van der Waals surface area contributed by atoms with Crippen molar-refractivity contribution in [3.8, 4) is 11.5 Å². The number of hydrogen-bond acceptors (Lipinski definition) is 2. The molecule has 0 N–H and O–H groups in total. The van der Waals surface area contributed by atoms with Gasteiger partial charge in [0.1, 0.15) is 5.76 Å². The van der Waals surface area contributed by atoms with Crippen LogP contribution in [-0.2, 0) is 6.18 Å². The molecule has 2 rings (SSSR count). The summed E-state index contributed by atoms with van der Waals surface area (Å²) in [5.74, 6) is 0.590. The molecule has 17 heavy (non-hydrogen) atoms. The molecule has 90 valence electrons. The topological polar surface area (TPSA) is 26.0 Å². The van der Waals surface area contributed by atoms with Crippen LogP contribution in [-0.4, -0.2) is 4.98 Å². The lowest BCUT2D eigenvalue weighted by Crippen LogP contribution is -2.04. The van der Waals surface area contributed by atoms with E-state index in [-0.39, 0.29) is 16.5 Å². The Kier molecular flexibility index (Phi) is 2.87. The summed E-state index contributed by atoms with van der Waals surface area (Å²) in [6.45, 7) is 1.65. The van der Waals surface area contributed by atoms with Gasteiger partial charge in [0.15, 0.2) is 0 Å². The molecule has 0 atom stereocenters. The summed E-state index contributed by atoms with van der Waals surface area (Å²) in [5.41, 5.74) is -0.651. The minimum Gasteiger partial charge on any atom is -0.441 e. The summed E-state index contributed by atoms with van der Waals surface area (Å²) in [7, 11) is 0. The second kappa shape index (κ2) is 4.07. The summed E-state index contributed by atoms with van der Waals surface area (Å²) >= 11 is 5.82. The molecule has 2 aromatic rings. The maximum absolute atomic E-state index is 12.5. The SMILES string of the molecule is Cc1cnc(-c2cc(C(F)(F)F)ccc2Cl)o1. The fourth-order valence-electron chi connectivity index (χ4n) is 1.34. The van der Waals surface area contributed by atoms with Crippen molar-refractivity contribution in [1.29, 1.82) is 0 Å². The van der Waals surface area contributed by atoms with E-state index in [0.29, 0.717) is 5.76 Å². The number of halogens is 4. The van der Waals surface area contributed by atoms with E-state index in [9.17, 15) is 13.2 Å². The lowest BCUT2D eigenvalue weighted by molar-refractivity contribution is -0.137. The molecule has 6 heteroatoms. The molecule has 1 heterocycles. The normalized spacial score (nSPS) is 11.8. The molecule has 0 unspecified atom stereocenters. The molecule has 0 saturated carbocycles. The Morgan fingerprint density at radius 2 is 2.00 bits per heavy atom. The highest BCUT2D eigenvalue weighted by Crippen LogP contribution is 2.35. The van der Waals surface area contributed by atoms with E-state index >= 15 is 0 Å². The van der Waals surface area contributed by atoms with E-state index < -0.39 is 11.7 Å². The monoisotopic (exact) mass is 261 g/mol. The molecular formula is C11H7ClF3NO. The van der Waals surface area contributed by atoms with Crippen LogP contribution in [0.5, 0.6) is 0 Å². The minimum atomic E-state index is -4.42. The van der Waals surface area contributed by atoms with E-state index in [1.54, 1.807) is 6.92 Å². The van der Waals surface area contributed by atoms with E-state index in [0.717, 1.165) is 12.1 Å². The quantitative estimate of drug-likeness (QED) is 0.764. The van der Waals surface area contributed by atoms with Gasteiger partial charge >= 0.3 is 6.18 Å². The number of oxazole rings is 1. The van der Waals surface area contributed by atoms with Crippen LogP contribution in [0.2, 0.25) is 5.02 Å². The van der Waals surface area contributed by atoms with Crippen LogP contribution in [0.1, 0.15) is 11.3 Å². The van der Waals surface area contributed by atoms with Gasteiger partial charge in [-0.1, -0.05) is 11.6 Å². The lowest BCUT2D eigenvalue weighted by atomic mass is 10.1. The average molecular weight is 262 g/mol. The minimum absolute atomic E-state index is 0.0820. The summed E-state index contributed by atoms with van der Waals surface area (Å²) in [6, 6.07) is 3.02. The van der Waals surface area contributed by atoms with Gasteiger partial charge in [-0.2, -0.15) is 13.2 Å². The first kappa shape index (κ1) is 12.0. The molecule has 1 aromatic carbocycles. The lowest BCUT2D eigenvalue weighted by Gasteiger charge is -2.08. The van der Waals surface area contributed by atoms with Gasteiger partial charge in [-0.05, 0) is 25.1 Å². The average Bonchev–Trinajstić information content (AvgIpc) is 2.63. The first-order valence-electron chi connectivity index (χ1n) is 4.67. The first-order chi connectivity index (χ1) is 7.88. The van der Waals surface area contributed by atoms with E-state index in [2.05, 4.69) is 4.98 Å². The number of aryl methyl sites for hydroxylation is 1. The molecule has 0 amide bonds. The Hall–Kier alpha value is -1.49. The maximum Gasteiger partial charge on any atom is 0.416 e. The number of alkyl halides is 3. The van der Waals surface area contributed by atoms with Crippen molar-refractivity contribution in [1.82, 2.24) is 4.98 Å². The third kappa shape index (κ3) is 2.44. The predicted molar refractivity (Wildman–Crippen MR) is 56.7 cm³/mol. The van der Waals surface area contributed by atoms with Crippen LogP contribution in [0.15, 0.2) is 28.8 Å². The van der Waals surface area contributed by atoms with Crippen molar-refractivity contribution in [3.05, 3.63) is 40.7 Å². The maximum atomic E-state index is 12.5. The van der Waals surface area contributed by atoms with Gasteiger partial charge < -0.3 is 4.42 Å². The summed E-state index contributed by atoms with van der Waals surface area (Å²) in [5, 5.41) is 0.167. The molecule has 2 nitrogen and oxygen atoms in total. The van der Waals surface area contributed by atoms with E-state index in [1.807, 2.05) is 0 Å². The van der Waals surface area contributed by atoms with Crippen LogP contribution in [0, 0.1) is 6.92 Å². The Morgan fingerprint density at radius 1 is 1.29 bits per heavy atom. The predicted octanol–water partition coefficient (Wildman–Crippen LogP) is 4.32. The first-order valence-corrected chi connectivity index (χ1v) is 5.05. The number of nitrogens with zero attached hydrogens (tertiary/aromatic N) is 1. The van der Waals surface area contributed by atoms with Crippen LogP contribution >= 0.6 is 11.6 Å². The van der Waals surface area contributed by atoms with Gasteiger partial charge in [0.05, 0.1) is 22.3 Å². The van der Waals surface area contributed by atoms with Crippen molar-refractivity contribution in [2.24, 2.45) is 0 Å². The molecule has 0 fully saturated rings. The third-order valence-electron chi connectivity index (χ3n) is 2.15. The van der Waals surface area contributed by atoms with Gasteiger partial charge in [0.2, 0.25) is 5.89 Å². The summed E-state index contributed by atoms with van der Waals surface area (Å²) in [4.78, 5) is 3.85. The molecule has 0 aliphatic carbocycles. The Bertz CT molecular complexity index is 548. The van der Waals surface area contributed by atoms with Crippen molar-refractivity contribution in [2.75, 3.05) is 0 Å². The zero-order valence-corrected chi connectivity index (χ0v) is 9.43.